The zero-order valence-electron chi connectivity index (χ0n) is 13.7. The van der Waals surface area contributed by atoms with Gasteiger partial charge in [-0.15, -0.1) is 0 Å². The lowest BCUT2D eigenvalue weighted by molar-refractivity contribution is 0.560. The SMILES string of the molecule is CC(C)NS(=O)(=O)c1ccnn1-c1ccc(C(C)(C)C)cc1. The van der Waals surface area contributed by atoms with Gasteiger partial charge in [0.2, 0.25) is 0 Å². The van der Waals surface area contributed by atoms with Crippen molar-refractivity contribution in [3.63, 3.8) is 0 Å². The van der Waals surface area contributed by atoms with Crippen LogP contribution in [0.3, 0.4) is 0 Å². The fourth-order valence-electron chi connectivity index (χ4n) is 2.16. The smallest absolute Gasteiger partial charge is 0.221 e. The molecule has 0 aliphatic rings. The Kier molecular flexibility index (Phi) is 4.44. The van der Waals surface area contributed by atoms with Crippen LogP contribution in [0.2, 0.25) is 0 Å². The van der Waals surface area contributed by atoms with E-state index < -0.39 is 10.0 Å². The van der Waals surface area contributed by atoms with Crippen LogP contribution in [0.5, 0.6) is 0 Å². The Morgan fingerprint density at radius 3 is 2.18 bits per heavy atom. The van der Waals surface area contributed by atoms with Crippen molar-refractivity contribution < 1.29 is 8.42 Å². The second-order valence-electron chi connectivity index (χ2n) is 6.65. The van der Waals surface area contributed by atoms with E-state index in [1.807, 2.05) is 24.3 Å². The molecular formula is C16H23N3O2S. The Balaban J connectivity index is 2.42. The molecular weight excluding hydrogens is 298 g/mol. The van der Waals surface area contributed by atoms with Crippen molar-refractivity contribution in [2.24, 2.45) is 0 Å². The summed E-state index contributed by atoms with van der Waals surface area (Å²) < 4.78 is 28.7. The fraction of sp³-hybridized carbons (Fsp3) is 0.438. The molecule has 0 aliphatic carbocycles. The van der Waals surface area contributed by atoms with Crippen LogP contribution in [0.4, 0.5) is 0 Å². The molecule has 2 aromatic rings. The summed E-state index contributed by atoms with van der Waals surface area (Å²) in [4.78, 5) is 0. The highest BCUT2D eigenvalue weighted by Gasteiger charge is 2.21. The Morgan fingerprint density at radius 1 is 1.09 bits per heavy atom. The average molecular weight is 321 g/mol. The van der Waals surface area contributed by atoms with E-state index in [1.54, 1.807) is 13.8 Å². The van der Waals surface area contributed by atoms with Gasteiger partial charge in [-0.1, -0.05) is 32.9 Å². The average Bonchev–Trinajstić information content (AvgIpc) is 2.86. The Bertz CT molecular complexity index is 738. The first-order chi connectivity index (χ1) is 10.1. The first-order valence-electron chi connectivity index (χ1n) is 7.28. The zero-order valence-corrected chi connectivity index (χ0v) is 14.5. The van der Waals surface area contributed by atoms with Gasteiger partial charge in [-0.2, -0.15) is 5.10 Å². The van der Waals surface area contributed by atoms with Gasteiger partial charge >= 0.3 is 0 Å². The molecule has 1 heterocycles. The van der Waals surface area contributed by atoms with Gasteiger partial charge in [0, 0.05) is 6.04 Å². The number of aromatic nitrogens is 2. The first-order valence-corrected chi connectivity index (χ1v) is 8.77. The number of sulfonamides is 1. The predicted octanol–water partition coefficient (Wildman–Crippen LogP) is 2.86. The molecule has 0 fully saturated rings. The minimum absolute atomic E-state index is 0.0523. The van der Waals surface area contributed by atoms with Crippen LogP contribution in [-0.4, -0.2) is 24.2 Å². The van der Waals surface area contributed by atoms with Crippen molar-refractivity contribution in [1.29, 1.82) is 0 Å². The third-order valence-corrected chi connectivity index (χ3v) is 4.89. The van der Waals surface area contributed by atoms with Crippen LogP contribution >= 0.6 is 0 Å². The van der Waals surface area contributed by atoms with E-state index in [4.69, 9.17) is 0 Å². The number of benzene rings is 1. The standard InChI is InChI=1S/C16H23N3O2S/c1-12(2)18-22(20,21)15-10-11-17-19(15)14-8-6-13(7-9-14)16(3,4)5/h6-12,18H,1-5H3. The summed E-state index contributed by atoms with van der Waals surface area (Å²) in [6.07, 6.45) is 1.49. The molecule has 1 N–H and O–H groups in total. The lowest BCUT2D eigenvalue weighted by Crippen LogP contribution is -2.31. The third kappa shape index (κ3) is 3.56. The van der Waals surface area contributed by atoms with Gasteiger partial charge < -0.3 is 0 Å². The molecule has 6 heteroatoms. The monoisotopic (exact) mass is 321 g/mol. The summed E-state index contributed by atoms with van der Waals surface area (Å²) in [5, 5.41) is 4.29. The minimum atomic E-state index is -3.58. The van der Waals surface area contributed by atoms with Crippen LogP contribution in [-0.2, 0) is 15.4 Å². The number of nitrogens with zero attached hydrogens (tertiary/aromatic N) is 2. The molecule has 0 unspecified atom stereocenters. The molecule has 0 saturated carbocycles. The van der Waals surface area contributed by atoms with Crippen molar-refractivity contribution in [1.82, 2.24) is 14.5 Å². The number of rotatable bonds is 4. The van der Waals surface area contributed by atoms with Gasteiger partial charge in [0.05, 0.1) is 11.9 Å². The van der Waals surface area contributed by atoms with E-state index >= 15 is 0 Å². The van der Waals surface area contributed by atoms with E-state index in [2.05, 4.69) is 30.6 Å². The van der Waals surface area contributed by atoms with Crippen LogP contribution < -0.4 is 4.72 Å². The Morgan fingerprint density at radius 2 is 1.68 bits per heavy atom. The van der Waals surface area contributed by atoms with E-state index in [9.17, 15) is 8.42 Å². The van der Waals surface area contributed by atoms with Crippen molar-refractivity contribution in [3.8, 4) is 5.69 Å². The molecule has 0 bridgehead atoms. The molecule has 0 aliphatic heterocycles. The summed E-state index contributed by atoms with van der Waals surface area (Å²) in [7, 11) is -3.58. The highest BCUT2D eigenvalue weighted by Crippen LogP contribution is 2.24. The number of hydrogen-bond acceptors (Lipinski definition) is 3. The van der Waals surface area contributed by atoms with Gasteiger partial charge in [0.1, 0.15) is 0 Å². The predicted molar refractivity (Wildman–Crippen MR) is 87.7 cm³/mol. The quantitative estimate of drug-likeness (QED) is 0.942. The molecule has 1 aromatic carbocycles. The summed E-state index contributed by atoms with van der Waals surface area (Å²) in [5.74, 6) is 0. The second kappa shape index (κ2) is 5.85. The fourth-order valence-corrected chi connectivity index (χ4v) is 3.52. The van der Waals surface area contributed by atoms with E-state index in [0.717, 1.165) is 5.69 Å². The lowest BCUT2D eigenvalue weighted by atomic mass is 9.87. The summed E-state index contributed by atoms with van der Waals surface area (Å²) in [6, 6.07) is 9.12. The maximum atomic E-state index is 12.4. The van der Waals surface area contributed by atoms with Crippen LogP contribution in [0.1, 0.15) is 40.2 Å². The van der Waals surface area contributed by atoms with Gasteiger partial charge in [-0.3, -0.25) is 0 Å². The largest absolute Gasteiger partial charge is 0.258 e. The highest BCUT2D eigenvalue weighted by atomic mass is 32.2. The maximum absolute atomic E-state index is 12.4. The van der Waals surface area contributed by atoms with Crippen molar-refractivity contribution in [2.45, 2.75) is 51.1 Å². The highest BCUT2D eigenvalue weighted by molar-refractivity contribution is 7.89. The molecule has 5 nitrogen and oxygen atoms in total. The van der Waals surface area contributed by atoms with Gasteiger partial charge in [0.25, 0.3) is 10.0 Å². The third-order valence-electron chi connectivity index (χ3n) is 3.25. The molecule has 0 spiro atoms. The summed E-state index contributed by atoms with van der Waals surface area (Å²) in [6.45, 7) is 9.99. The first kappa shape index (κ1) is 16.7. The Hall–Kier alpha value is -1.66. The van der Waals surface area contributed by atoms with Crippen LogP contribution in [0.25, 0.3) is 5.69 Å². The van der Waals surface area contributed by atoms with Crippen LogP contribution in [0.15, 0.2) is 41.6 Å². The van der Waals surface area contributed by atoms with E-state index in [0.29, 0.717) is 0 Å². The molecule has 0 atom stereocenters. The number of nitrogens with one attached hydrogen (secondary N) is 1. The van der Waals surface area contributed by atoms with Gasteiger partial charge in [-0.05, 0) is 43.0 Å². The normalized spacial score (nSPS) is 12.8. The minimum Gasteiger partial charge on any atom is -0.221 e. The molecule has 0 saturated heterocycles. The summed E-state index contributed by atoms with van der Waals surface area (Å²) in [5.41, 5.74) is 1.96. The molecule has 0 amide bonds. The van der Waals surface area contributed by atoms with Gasteiger partial charge in [-0.25, -0.2) is 17.8 Å². The zero-order chi connectivity index (χ0) is 16.5. The van der Waals surface area contributed by atoms with Crippen molar-refractivity contribution in [2.75, 3.05) is 0 Å². The van der Waals surface area contributed by atoms with Crippen molar-refractivity contribution in [3.05, 3.63) is 42.1 Å². The topological polar surface area (TPSA) is 64.0 Å². The van der Waals surface area contributed by atoms with E-state index in [-0.39, 0.29) is 16.5 Å². The van der Waals surface area contributed by atoms with Crippen molar-refractivity contribution >= 4 is 10.0 Å². The van der Waals surface area contributed by atoms with E-state index in [1.165, 1.54) is 22.5 Å². The number of hydrogen-bond donors (Lipinski definition) is 1. The second-order valence-corrected chi connectivity index (χ2v) is 8.31. The lowest BCUT2D eigenvalue weighted by Gasteiger charge is -2.19. The molecule has 120 valence electrons. The molecule has 22 heavy (non-hydrogen) atoms. The maximum Gasteiger partial charge on any atom is 0.258 e. The molecule has 0 radical (unpaired) electrons. The van der Waals surface area contributed by atoms with Crippen LogP contribution in [0, 0.1) is 0 Å². The molecule has 2 rings (SSSR count). The summed E-state index contributed by atoms with van der Waals surface area (Å²) >= 11 is 0. The Labute approximate surface area is 132 Å². The molecule has 1 aromatic heterocycles. The van der Waals surface area contributed by atoms with Gasteiger partial charge in [0.15, 0.2) is 5.03 Å².